The largest absolute Gasteiger partial charge is 0.480 e. The van der Waals surface area contributed by atoms with Crippen LogP contribution in [0.5, 0.6) is 0 Å². The molecule has 1 atom stereocenters. The molecule has 1 unspecified atom stereocenters. The smallest absolute Gasteiger partial charge is 0.416 e. The van der Waals surface area contributed by atoms with E-state index in [-0.39, 0.29) is 29.7 Å². The molecule has 7 nitrogen and oxygen atoms in total. The molecule has 0 spiro atoms. The molecular weight excluding hydrogens is 593 g/mol. The van der Waals surface area contributed by atoms with Crippen molar-refractivity contribution in [2.75, 3.05) is 6.54 Å². The van der Waals surface area contributed by atoms with E-state index in [1.165, 1.54) is 6.07 Å². The quantitative estimate of drug-likeness (QED) is 0.248. The van der Waals surface area contributed by atoms with Gasteiger partial charge in [0.25, 0.3) is 15.6 Å². The fourth-order valence-corrected chi connectivity index (χ4v) is 7.64. The van der Waals surface area contributed by atoms with Crippen LogP contribution in [0.1, 0.15) is 28.3 Å². The first kappa shape index (κ1) is 29.3. The molecule has 0 bridgehead atoms. The van der Waals surface area contributed by atoms with Crippen LogP contribution in [0.25, 0.3) is 21.9 Å². The highest BCUT2D eigenvalue weighted by atomic mass is 32.2. The molecule has 0 amide bonds. The number of nitrogens with zero attached hydrogens (tertiary/aromatic N) is 2. The molecule has 1 aromatic heterocycles. The Bertz CT molecular complexity index is 2070. The lowest BCUT2D eigenvalue weighted by molar-refractivity contribution is -0.141. The van der Waals surface area contributed by atoms with E-state index in [2.05, 4.69) is 0 Å². The molecule has 11 heteroatoms. The van der Waals surface area contributed by atoms with E-state index in [1.54, 1.807) is 42.5 Å². The number of carboxylic acid groups (broad SMARTS) is 1. The number of carboxylic acids is 1. The first-order chi connectivity index (χ1) is 20.9. The number of fused-ring (bicyclic) bond motifs is 2. The average Bonchev–Trinajstić information content (AvgIpc) is 2.99. The summed E-state index contributed by atoms with van der Waals surface area (Å²) in [7, 11) is -4.60. The zero-order valence-electron chi connectivity index (χ0n) is 23.0. The van der Waals surface area contributed by atoms with E-state index in [9.17, 15) is 36.3 Å². The van der Waals surface area contributed by atoms with Gasteiger partial charge >= 0.3 is 12.1 Å². The van der Waals surface area contributed by atoms with Crippen LogP contribution in [-0.2, 0) is 34.0 Å². The summed E-state index contributed by atoms with van der Waals surface area (Å²) in [5.41, 5.74) is -0.693. The number of pyridine rings is 1. The third-order valence-electron chi connectivity index (χ3n) is 7.79. The molecule has 4 aromatic carbocycles. The van der Waals surface area contributed by atoms with Crippen molar-refractivity contribution in [3.05, 3.63) is 136 Å². The van der Waals surface area contributed by atoms with Gasteiger partial charge in [-0.3, -0.25) is 9.36 Å². The van der Waals surface area contributed by atoms with Gasteiger partial charge < -0.3 is 5.11 Å². The van der Waals surface area contributed by atoms with Gasteiger partial charge in [0.05, 0.1) is 5.56 Å². The van der Waals surface area contributed by atoms with E-state index >= 15 is 0 Å². The molecule has 5 aromatic rings. The minimum Gasteiger partial charge on any atom is -0.480 e. The van der Waals surface area contributed by atoms with Crippen molar-refractivity contribution in [1.29, 1.82) is 0 Å². The van der Waals surface area contributed by atoms with Crippen LogP contribution in [0, 0.1) is 0 Å². The number of aromatic nitrogens is 1. The SMILES string of the molecule is O=C(O)C1CN(Cc2ccccc2)S(=O)(=O)c2c(-c3cccc(C(F)(F)F)c3)c(Cc3cccc4ccccc34)cc(=O)n21. The number of aliphatic carboxylic acids is 1. The molecule has 0 radical (unpaired) electrons. The summed E-state index contributed by atoms with van der Waals surface area (Å²) < 4.78 is 72.0. The number of carbonyl (C=O) groups is 1. The third kappa shape index (κ3) is 5.29. The van der Waals surface area contributed by atoms with E-state index in [0.717, 1.165) is 39.3 Å². The molecule has 1 aliphatic heterocycles. The number of halogens is 3. The molecule has 2 heterocycles. The van der Waals surface area contributed by atoms with Crippen molar-refractivity contribution < 1.29 is 31.5 Å². The highest BCUT2D eigenvalue weighted by Gasteiger charge is 2.43. The van der Waals surface area contributed by atoms with Gasteiger partial charge in [-0.2, -0.15) is 17.5 Å². The Morgan fingerprint density at radius 3 is 2.27 bits per heavy atom. The van der Waals surface area contributed by atoms with Crippen LogP contribution >= 0.6 is 0 Å². The van der Waals surface area contributed by atoms with Crippen molar-refractivity contribution >= 4 is 26.8 Å². The summed E-state index contributed by atoms with van der Waals surface area (Å²) in [6.45, 7) is -0.735. The van der Waals surface area contributed by atoms with E-state index < -0.39 is 50.9 Å². The number of hydrogen-bond donors (Lipinski definition) is 1. The van der Waals surface area contributed by atoms with Gasteiger partial charge in [0.2, 0.25) is 0 Å². The van der Waals surface area contributed by atoms with Crippen LogP contribution in [0.4, 0.5) is 13.2 Å². The highest BCUT2D eigenvalue weighted by molar-refractivity contribution is 7.89. The van der Waals surface area contributed by atoms with Gasteiger partial charge in [0.1, 0.15) is 6.04 Å². The number of benzene rings is 4. The van der Waals surface area contributed by atoms with Gasteiger partial charge in [-0.1, -0.05) is 84.9 Å². The molecular formula is C33H25F3N2O5S. The predicted octanol–water partition coefficient (Wildman–Crippen LogP) is 6.11. The number of sulfonamides is 1. The minimum absolute atomic E-state index is 0.00194. The Labute approximate surface area is 250 Å². The Morgan fingerprint density at radius 2 is 1.55 bits per heavy atom. The lowest BCUT2D eigenvalue weighted by Crippen LogP contribution is -2.49. The predicted molar refractivity (Wildman–Crippen MR) is 159 cm³/mol. The summed E-state index contributed by atoms with van der Waals surface area (Å²) in [6.07, 6.45) is -4.73. The summed E-state index contributed by atoms with van der Waals surface area (Å²) >= 11 is 0. The van der Waals surface area contributed by atoms with Gasteiger partial charge in [-0.15, -0.1) is 0 Å². The summed E-state index contributed by atoms with van der Waals surface area (Å²) in [5.74, 6) is -1.45. The molecule has 6 rings (SSSR count). The van der Waals surface area contributed by atoms with Crippen LogP contribution in [0.2, 0.25) is 0 Å². The standard InChI is InChI=1S/C33H25F3N2O5S/c34-33(35,36)26-14-7-13-24(17-26)30-25(16-23-12-6-11-22-10-4-5-15-27(22)23)18-29(39)38-28(32(40)41)20-37(44(42,43)31(30)38)19-21-8-2-1-3-9-21/h1-15,17-18,28H,16,19-20H2,(H,40,41). The minimum atomic E-state index is -4.74. The number of hydrogen-bond acceptors (Lipinski definition) is 4. The summed E-state index contributed by atoms with van der Waals surface area (Å²) in [4.78, 5) is 26.2. The maximum absolute atomic E-state index is 14.4. The molecule has 0 aliphatic carbocycles. The Hall–Kier alpha value is -4.74. The Kier molecular flexibility index (Phi) is 7.38. The summed E-state index contributed by atoms with van der Waals surface area (Å²) in [5, 5.41) is 11.2. The maximum atomic E-state index is 14.4. The van der Waals surface area contributed by atoms with Gasteiger partial charge in [-0.05, 0) is 51.6 Å². The van der Waals surface area contributed by atoms with Gasteiger partial charge in [0.15, 0.2) is 5.03 Å². The van der Waals surface area contributed by atoms with Crippen LogP contribution in [-0.4, -0.2) is 34.9 Å². The van der Waals surface area contributed by atoms with Gasteiger partial charge in [0, 0.05) is 24.7 Å². The molecule has 0 fully saturated rings. The molecule has 1 aliphatic rings. The summed E-state index contributed by atoms with van der Waals surface area (Å²) in [6, 6.07) is 25.1. The molecule has 224 valence electrons. The van der Waals surface area contributed by atoms with Crippen LogP contribution < -0.4 is 5.56 Å². The molecule has 44 heavy (non-hydrogen) atoms. The van der Waals surface area contributed by atoms with Gasteiger partial charge in [-0.25, -0.2) is 13.2 Å². The third-order valence-corrected chi connectivity index (χ3v) is 9.64. The topological polar surface area (TPSA) is 96.7 Å². The van der Waals surface area contributed by atoms with Crippen LogP contribution in [0.15, 0.2) is 113 Å². The van der Waals surface area contributed by atoms with E-state index in [4.69, 9.17) is 0 Å². The van der Waals surface area contributed by atoms with E-state index in [1.807, 2.05) is 30.3 Å². The zero-order valence-corrected chi connectivity index (χ0v) is 23.8. The normalized spacial score (nSPS) is 16.5. The van der Waals surface area contributed by atoms with Crippen molar-refractivity contribution in [3.8, 4) is 11.1 Å². The van der Waals surface area contributed by atoms with Crippen LogP contribution in [0.3, 0.4) is 0 Å². The fourth-order valence-electron chi connectivity index (χ4n) is 5.77. The van der Waals surface area contributed by atoms with E-state index in [0.29, 0.717) is 15.7 Å². The van der Waals surface area contributed by atoms with Crippen molar-refractivity contribution in [1.82, 2.24) is 8.87 Å². The average molecular weight is 619 g/mol. The fraction of sp³-hybridized carbons (Fsp3) is 0.152. The second kappa shape index (κ2) is 11.1. The maximum Gasteiger partial charge on any atom is 0.416 e. The molecule has 0 saturated heterocycles. The van der Waals surface area contributed by atoms with Crippen molar-refractivity contribution in [2.24, 2.45) is 0 Å². The second-order valence-electron chi connectivity index (χ2n) is 10.6. The first-order valence-electron chi connectivity index (χ1n) is 13.6. The molecule has 1 N–H and O–H groups in total. The lowest BCUT2D eigenvalue weighted by Gasteiger charge is -2.35. The molecule has 0 saturated carbocycles. The lowest BCUT2D eigenvalue weighted by atomic mass is 9.93. The zero-order chi connectivity index (χ0) is 31.2. The van der Waals surface area contributed by atoms with Crippen molar-refractivity contribution in [2.45, 2.75) is 30.2 Å². The highest BCUT2D eigenvalue weighted by Crippen LogP contribution is 2.40. The number of rotatable bonds is 6. The Balaban J connectivity index is 1.66. The Morgan fingerprint density at radius 1 is 0.864 bits per heavy atom. The monoisotopic (exact) mass is 618 g/mol. The number of alkyl halides is 3. The van der Waals surface area contributed by atoms with Crippen molar-refractivity contribution in [3.63, 3.8) is 0 Å². The first-order valence-corrected chi connectivity index (χ1v) is 15.1. The second-order valence-corrected chi connectivity index (χ2v) is 12.4.